The Balaban J connectivity index is 1.43. The molecular formula is C37H53N5O9S. The Morgan fingerprint density at radius 3 is 2.35 bits per heavy atom. The van der Waals surface area contributed by atoms with E-state index in [1.807, 2.05) is 71.4 Å². The van der Waals surface area contributed by atoms with E-state index in [0.717, 1.165) is 5.39 Å². The van der Waals surface area contributed by atoms with E-state index in [1.165, 1.54) is 4.90 Å². The van der Waals surface area contributed by atoms with Crippen LogP contribution in [0.1, 0.15) is 93.9 Å². The molecule has 4 amide bonds. The lowest BCUT2D eigenvalue weighted by Gasteiger charge is -2.36. The Hall–Kier alpha value is -3.98. The van der Waals surface area contributed by atoms with E-state index in [2.05, 4.69) is 15.6 Å². The second-order valence-corrected chi connectivity index (χ2v) is 18.3. The molecule has 2 saturated carbocycles. The maximum absolute atomic E-state index is 14.5. The van der Waals surface area contributed by atoms with Gasteiger partial charge in [-0.2, -0.15) is 8.42 Å². The molecule has 1 aromatic carbocycles. The third kappa shape index (κ3) is 8.96. The minimum atomic E-state index is -4.44. The SMILES string of the molecule is CC[C@@H]1C[C@]1(NC(=O)[C@@H]1CC(Oc2nccc3cc(OC)ccc23)CN1C(=O)[C@@H](NC(=O)CC(C)(C)C)C(C)(C)C)C(=O)NS(=O)(=O)OC1(C)CC1. The van der Waals surface area contributed by atoms with Gasteiger partial charge in [-0.3, -0.25) is 19.2 Å². The molecule has 286 valence electrons. The number of hydrogen-bond donors (Lipinski definition) is 3. The highest BCUT2D eigenvalue weighted by Crippen LogP contribution is 2.47. The molecule has 52 heavy (non-hydrogen) atoms. The highest BCUT2D eigenvalue weighted by atomic mass is 32.2. The van der Waals surface area contributed by atoms with Gasteiger partial charge in [0.2, 0.25) is 23.6 Å². The topological polar surface area (TPSA) is 182 Å². The van der Waals surface area contributed by atoms with Gasteiger partial charge in [0.25, 0.3) is 5.91 Å². The summed E-state index contributed by atoms with van der Waals surface area (Å²) in [7, 11) is -2.86. The molecule has 2 aromatic rings. The first kappa shape index (κ1) is 39.2. The van der Waals surface area contributed by atoms with Crippen molar-refractivity contribution >= 4 is 44.7 Å². The standard InChI is InChI=1S/C37H53N5O9S/c1-10-23-19-37(23,33(46)41-52(47,48)51-36(8)14-15-36)40-30(44)27-18-25(50-31-26-12-11-24(49-9)17-22(26)13-16-38-31)21-42(27)32(45)29(35(5,6)7)39-28(43)20-34(2,3)4/h11-13,16-17,23,25,27,29H,10,14-15,18-21H2,1-9H3,(H,39,43)(H,40,44)(H,41,46)/t23-,25?,27+,29-,37-/m1/s1. The average molecular weight is 744 g/mol. The first-order valence-electron chi connectivity index (χ1n) is 17.9. The van der Waals surface area contributed by atoms with E-state index in [4.69, 9.17) is 13.7 Å². The summed E-state index contributed by atoms with van der Waals surface area (Å²) in [6.07, 6.45) is 2.94. The Kier molecular flexibility index (Phi) is 10.6. The monoisotopic (exact) mass is 743 g/mol. The quantitative estimate of drug-likeness (QED) is 0.273. The zero-order valence-corrected chi connectivity index (χ0v) is 32.4. The van der Waals surface area contributed by atoms with Crippen molar-refractivity contribution in [3.05, 3.63) is 30.5 Å². The van der Waals surface area contributed by atoms with Crippen molar-refractivity contribution < 1.29 is 41.3 Å². The smallest absolute Gasteiger partial charge is 0.362 e. The number of ether oxygens (including phenoxy) is 2. The minimum Gasteiger partial charge on any atom is -0.497 e. The molecule has 1 unspecified atom stereocenters. The van der Waals surface area contributed by atoms with Crippen LogP contribution in [-0.2, 0) is 33.7 Å². The van der Waals surface area contributed by atoms with Crippen molar-refractivity contribution in [1.29, 1.82) is 0 Å². The lowest BCUT2D eigenvalue weighted by molar-refractivity contribution is -0.144. The van der Waals surface area contributed by atoms with E-state index in [0.29, 0.717) is 36.3 Å². The molecule has 1 saturated heterocycles. The lowest BCUT2D eigenvalue weighted by atomic mass is 9.84. The molecule has 14 nitrogen and oxygen atoms in total. The van der Waals surface area contributed by atoms with Gasteiger partial charge in [0, 0.05) is 24.4 Å². The van der Waals surface area contributed by atoms with Gasteiger partial charge in [0.05, 0.1) is 19.3 Å². The van der Waals surface area contributed by atoms with Gasteiger partial charge in [0.1, 0.15) is 29.5 Å². The lowest BCUT2D eigenvalue weighted by Crippen LogP contribution is -2.60. The van der Waals surface area contributed by atoms with Crippen LogP contribution in [-0.4, -0.2) is 84.9 Å². The maximum Gasteiger partial charge on any atom is 0.362 e. The Morgan fingerprint density at radius 1 is 1.08 bits per heavy atom. The highest BCUT2D eigenvalue weighted by Gasteiger charge is 2.62. The van der Waals surface area contributed by atoms with Crippen molar-refractivity contribution in [3.8, 4) is 11.6 Å². The minimum absolute atomic E-state index is 0.00985. The number of amides is 4. The van der Waals surface area contributed by atoms with Crippen LogP contribution in [0.4, 0.5) is 0 Å². The van der Waals surface area contributed by atoms with Gasteiger partial charge in [0.15, 0.2) is 0 Å². The summed E-state index contributed by atoms with van der Waals surface area (Å²) in [4.78, 5) is 61.4. The third-order valence-corrected chi connectivity index (χ3v) is 11.1. The predicted molar refractivity (Wildman–Crippen MR) is 193 cm³/mol. The molecule has 15 heteroatoms. The summed E-state index contributed by atoms with van der Waals surface area (Å²) in [5.41, 5.74) is -3.43. The van der Waals surface area contributed by atoms with E-state index in [1.54, 1.807) is 26.3 Å². The maximum atomic E-state index is 14.5. The fraction of sp³-hybridized carbons (Fsp3) is 0.649. The van der Waals surface area contributed by atoms with Crippen molar-refractivity contribution in [1.82, 2.24) is 25.2 Å². The molecule has 1 aliphatic heterocycles. The summed E-state index contributed by atoms with van der Waals surface area (Å²) >= 11 is 0. The van der Waals surface area contributed by atoms with Gasteiger partial charge in [-0.25, -0.2) is 13.9 Å². The number of aromatic nitrogens is 1. The summed E-state index contributed by atoms with van der Waals surface area (Å²) < 4.78 is 44.5. The number of methoxy groups -OCH3 is 1. The molecule has 5 atom stereocenters. The zero-order valence-electron chi connectivity index (χ0n) is 31.6. The second-order valence-electron chi connectivity index (χ2n) is 17.0. The molecule has 5 rings (SSSR count). The van der Waals surface area contributed by atoms with E-state index in [-0.39, 0.29) is 43.0 Å². The van der Waals surface area contributed by atoms with Gasteiger partial charge in [-0.15, -0.1) is 0 Å². The second kappa shape index (κ2) is 14.1. The number of nitrogens with one attached hydrogen (secondary N) is 3. The van der Waals surface area contributed by atoms with Crippen LogP contribution < -0.4 is 24.8 Å². The molecule has 3 aliphatic rings. The number of fused-ring (bicyclic) bond motifs is 1. The molecule has 2 aliphatic carbocycles. The van der Waals surface area contributed by atoms with E-state index >= 15 is 0 Å². The van der Waals surface area contributed by atoms with Crippen LogP contribution >= 0.6 is 0 Å². The fourth-order valence-electron chi connectivity index (χ4n) is 6.75. The van der Waals surface area contributed by atoms with Gasteiger partial charge >= 0.3 is 10.3 Å². The van der Waals surface area contributed by atoms with Gasteiger partial charge < -0.3 is 25.0 Å². The third-order valence-electron chi connectivity index (χ3n) is 10.0. The van der Waals surface area contributed by atoms with E-state index < -0.39 is 62.8 Å². The first-order chi connectivity index (χ1) is 24.1. The summed E-state index contributed by atoms with van der Waals surface area (Å²) in [5.74, 6) is -1.68. The Labute approximate surface area is 306 Å². The molecule has 3 fully saturated rings. The van der Waals surface area contributed by atoms with Gasteiger partial charge in [-0.1, -0.05) is 54.9 Å². The Morgan fingerprint density at radius 2 is 1.77 bits per heavy atom. The zero-order chi connectivity index (χ0) is 38.4. The number of benzene rings is 1. The molecule has 3 N–H and O–H groups in total. The molecule has 0 bridgehead atoms. The number of rotatable bonds is 13. The number of pyridine rings is 1. The molecular weight excluding hydrogens is 691 g/mol. The average Bonchev–Trinajstić information content (AvgIpc) is 3.90. The van der Waals surface area contributed by atoms with Crippen LogP contribution in [0.25, 0.3) is 10.8 Å². The van der Waals surface area contributed by atoms with Crippen molar-refractivity contribution in [2.24, 2.45) is 16.7 Å². The number of carbonyl (C=O) groups is 4. The molecule has 0 radical (unpaired) electrons. The van der Waals surface area contributed by atoms with Crippen LogP contribution in [0.15, 0.2) is 30.5 Å². The summed E-state index contributed by atoms with van der Waals surface area (Å²) in [6.45, 7) is 14.8. The highest BCUT2D eigenvalue weighted by molar-refractivity contribution is 7.85. The van der Waals surface area contributed by atoms with Crippen molar-refractivity contribution in [3.63, 3.8) is 0 Å². The van der Waals surface area contributed by atoms with Crippen molar-refractivity contribution in [2.45, 2.75) is 123 Å². The van der Waals surface area contributed by atoms with E-state index in [9.17, 15) is 27.6 Å². The summed E-state index contributed by atoms with van der Waals surface area (Å²) in [5, 5.41) is 7.28. The van der Waals surface area contributed by atoms with Crippen LogP contribution in [0.3, 0.4) is 0 Å². The van der Waals surface area contributed by atoms with Crippen LogP contribution in [0.2, 0.25) is 0 Å². The summed E-state index contributed by atoms with van der Waals surface area (Å²) in [6, 6.07) is 5.16. The van der Waals surface area contributed by atoms with Crippen LogP contribution in [0, 0.1) is 16.7 Å². The molecule has 2 heterocycles. The Bertz CT molecular complexity index is 1830. The number of nitrogens with zero attached hydrogens (tertiary/aromatic N) is 2. The fourth-order valence-corrected chi connectivity index (χ4v) is 7.90. The number of carbonyl (C=O) groups excluding carboxylic acids is 4. The molecule has 1 aromatic heterocycles. The normalized spacial score (nSPS) is 24.5. The van der Waals surface area contributed by atoms with Crippen molar-refractivity contribution in [2.75, 3.05) is 13.7 Å². The predicted octanol–water partition coefficient (Wildman–Crippen LogP) is 3.77. The van der Waals surface area contributed by atoms with Gasteiger partial charge in [-0.05, 0) is 72.6 Å². The number of likely N-dealkylation sites (tertiary alicyclic amines) is 1. The number of hydrogen-bond acceptors (Lipinski definition) is 10. The van der Waals surface area contributed by atoms with Crippen LogP contribution in [0.5, 0.6) is 11.6 Å². The first-order valence-corrected chi connectivity index (χ1v) is 19.3. The largest absolute Gasteiger partial charge is 0.497 e. The molecule has 0 spiro atoms.